The van der Waals surface area contributed by atoms with Crippen LogP contribution in [-0.2, 0) is 11.2 Å². The first-order valence-electron chi connectivity index (χ1n) is 10.3. The molecule has 0 radical (unpaired) electrons. The Balaban J connectivity index is 1.93. The molecule has 1 aromatic carbocycles. The van der Waals surface area contributed by atoms with E-state index >= 15 is 0 Å². The third-order valence-corrected chi connectivity index (χ3v) is 5.90. The number of nitrogens with two attached hydrogens (primary N) is 1. The number of halogens is 2. The van der Waals surface area contributed by atoms with Crippen molar-refractivity contribution in [1.29, 1.82) is 0 Å². The summed E-state index contributed by atoms with van der Waals surface area (Å²) >= 11 is 0.992. The fourth-order valence-corrected chi connectivity index (χ4v) is 4.29. The highest BCUT2D eigenvalue weighted by molar-refractivity contribution is 7.20. The van der Waals surface area contributed by atoms with Crippen molar-refractivity contribution in [3.8, 4) is 10.4 Å². The fraction of sp³-hybridized carbons (Fsp3) is 0.304. The van der Waals surface area contributed by atoms with Gasteiger partial charge in [0.2, 0.25) is 0 Å². The van der Waals surface area contributed by atoms with Gasteiger partial charge >= 0.3 is 0 Å². The molecule has 0 saturated carbocycles. The van der Waals surface area contributed by atoms with Crippen LogP contribution in [-0.4, -0.2) is 29.2 Å². The molecule has 2 aromatic heterocycles. The molecule has 1 unspecified atom stereocenters. The first kappa shape index (κ1) is 23.8. The van der Waals surface area contributed by atoms with Crippen LogP contribution in [0.25, 0.3) is 10.4 Å². The van der Waals surface area contributed by atoms with Gasteiger partial charge in [0.05, 0.1) is 23.8 Å². The zero-order valence-electron chi connectivity index (χ0n) is 17.8. The second kappa shape index (κ2) is 10.6. The van der Waals surface area contributed by atoms with Gasteiger partial charge in [-0.1, -0.05) is 13.0 Å². The number of hydrogen-bond acceptors (Lipinski definition) is 6. The number of ether oxygens (including phenoxy) is 1. The van der Waals surface area contributed by atoms with Crippen LogP contribution in [0.2, 0.25) is 0 Å². The van der Waals surface area contributed by atoms with Crippen LogP contribution in [0.1, 0.15) is 48.0 Å². The Labute approximate surface area is 189 Å². The van der Waals surface area contributed by atoms with Crippen molar-refractivity contribution >= 4 is 28.1 Å². The Morgan fingerprint density at radius 3 is 2.59 bits per heavy atom. The number of nitrogens with one attached hydrogen (secondary N) is 1. The molecule has 0 fully saturated rings. The second-order valence-electron chi connectivity index (χ2n) is 7.09. The number of aromatic nitrogens is 1. The highest BCUT2D eigenvalue weighted by atomic mass is 32.1. The van der Waals surface area contributed by atoms with Gasteiger partial charge in [-0.15, -0.1) is 11.3 Å². The Morgan fingerprint density at radius 2 is 1.97 bits per heavy atom. The minimum absolute atomic E-state index is 0.1000. The van der Waals surface area contributed by atoms with E-state index in [0.29, 0.717) is 36.9 Å². The number of amides is 1. The van der Waals surface area contributed by atoms with Gasteiger partial charge in [0, 0.05) is 23.6 Å². The molecule has 3 rings (SSSR count). The van der Waals surface area contributed by atoms with Crippen molar-refractivity contribution in [3.63, 3.8) is 0 Å². The minimum Gasteiger partial charge on any atom is -0.388 e. The molecule has 9 heteroatoms. The molecule has 0 saturated heterocycles. The van der Waals surface area contributed by atoms with Crippen LogP contribution >= 0.6 is 11.3 Å². The quantitative estimate of drug-likeness (QED) is 0.371. The van der Waals surface area contributed by atoms with Crippen molar-refractivity contribution in [1.82, 2.24) is 4.98 Å². The van der Waals surface area contributed by atoms with E-state index in [1.54, 1.807) is 13.0 Å². The van der Waals surface area contributed by atoms with Gasteiger partial charge in [0.25, 0.3) is 5.91 Å². The molecule has 4 N–H and O–H groups in total. The predicted octanol–water partition coefficient (Wildman–Crippen LogP) is 4.95. The van der Waals surface area contributed by atoms with Crippen molar-refractivity contribution in [2.24, 2.45) is 5.73 Å². The summed E-state index contributed by atoms with van der Waals surface area (Å²) in [4.78, 5) is 16.7. The number of hydrogen-bond donors (Lipinski definition) is 3. The summed E-state index contributed by atoms with van der Waals surface area (Å²) in [5, 5.41) is 13.3. The molecule has 3 aromatic rings. The van der Waals surface area contributed by atoms with Crippen LogP contribution in [0, 0.1) is 11.6 Å². The van der Waals surface area contributed by atoms with E-state index in [0.717, 1.165) is 29.2 Å². The number of rotatable bonds is 10. The number of nitrogens with zero attached hydrogens (tertiary/aromatic N) is 1. The summed E-state index contributed by atoms with van der Waals surface area (Å²) < 4.78 is 34.9. The van der Waals surface area contributed by atoms with Crippen LogP contribution in [0.4, 0.5) is 19.6 Å². The first-order chi connectivity index (χ1) is 15.3. The maximum absolute atomic E-state index is 14.8. The number of aliphatic hydroxyl groups excluding tert-OH is 1. The first-order valence-corrected chi connectivity index (χ1v) is 11.1. The normalized spacial score (nSPS) is 12.0. The highest BCUT2D eigenvalue weighted by Crippen LogP contribution is 2.39. The number of pyridine rings is 1. The number of anilines is 2. The lowest BCUT2D eigenvalue weighted by Gasteiger charge is -2.11. The summed E-state index contributed by atoms with van der Waals surface area (Å²) in [5.41, 5.74) is 6.27. The Bertz CT molecular complexity index is 1080. The minimum atomic E-state index is -0.962. The lowest BCUT2D eigenvalue weighted by molar-refractivity contribution is 0.100. The zero-order chi connectivity index (χ0) is 23.3. The van der Waals surface area contributed by atoms with Crippen molar-refractivity contribution < 1.29 is 23.4 Å². The lowest BCUT2D eigenvalue weighted by atomic mass is 10.0. The van der Waals surface area contributed by atoms with Gasteiger partial charge in [0.15, 0.2) is 0 Å². The van der Waals surface area contributed by atoms with Gasteiger partial charge in [0.1, 0.15) is 22.5 Å². The Morgan fingerprint density at radius 1 is 1.25 bits per heavy atom. The Hall–Kier alpha value is -2.88. The monoisotopic (exact) mass is 461 g/mol. The fourth-order valence-electron chi connectivity index (χ4n) is 3.17. The van der Waals surface area contributed by atoms with Crippen molar-refractivity contribution in [2.45, 2.75) is 32.8 Å². The van der Waals surface area contributed by atoms with Gasteiger partial charge in [-0.05, 0) is 49.2 Å². The molecule has 2 heterocycles. The number of carbonyl (C=O) groups is 1. The summed E-state index contributed by atoms with van der Waals surface area (Å²) in [5.74, 6) is -1.92. The lowest BCUT2D eigenvalue weighted by Crippen LogP contribution is -2.11. The van der Waals surface area contributed by atoms with Gasteiger partial charge in [-0.25, -0.2) is 13.8 Å². The summed E-state index contributed by atoms with van der Waals surface area (Å²) in [6.07, 6.45) is -0.0159. The van der Waals surface area contributed by atoms with E-state index in [2.05, 4.69) is 10.3 Å². The SMILES string of the molecule is CCOCCc1cccc(Nc2sc(-c3c(F)cc(C(O)CC)cc3F)cc2C(N)=O)n1. The van der Waals surface area contributed by atoms with E-state index in [-0.39, 0.29) is 21.6 Å². The standard InChI is InChI=1S/C23H25F2N3O3S/c1-3-18(29)13-10-16(24)21(17(25)11-13)19-12-15(22(26)30)23(32-19)28-20-7-5-6-14(27-20)8-9-31-4-2/h5-7,10-12,18,29H,3-4,8-9H2,1-2H3,(H2,26,30)(H,27,28). The highest BCUT2D eigenvalue weighted by Gasteiger charge is 2.22. The molecule has 1 atom stereocenters. The molecule has 1 amide bonds. The van der Waals surface area contributed by atoms with Crippen LogP contribution in [0.3, 0.4) is 0 Å². The molecule has 0 bridgehead atoms. The smallest absolute Gasteiger partial charge is 0.251 e. The second-order valence-corrected chi connectivity index (χ2v) is 8.14. The molecule has 0 aliphatic heterocycles. The predicted molar refractivity (Wildman–Crippen MR) is 121 cm³/mol. The number of thiophene rings is 1. The molecular formula is C23H25F2N3O3S. The van der Waals surface area contributed by atoms with Gasteiger partial charge < -0.3 is 20.9 Å². The topological polar surface area (TPSA) is 97.5 Å². The number of carbonyl (C=O) groups excluding carboxylic acids is 1. The van der Waals surface area contributed by atoms with E-state index in [4.69, 9.17) is 10.5 Å². The number of primary amides is 1. The maximum Gasteiger partial charge on any atom is 0.251 e. The van der Waals surface area contributed by atoms with E-state index in [1.165, 1.54) is 6.07 Å². The van der Waals surface area contributed by atoms with Gasteiger partial charge in [-0.3, -0.25) is 4.79 Å². The molecule has 0 aliphatic rings. The molecule has 6 nitrogen and oxygen atoms in total. The summed E-state index contributed by atoms with van der Waals surface area (Å²) in [6.45, 7) is 4.77. The van der Waals surface area contributed by atoms with Crippen LogP contribution < -0.4 is 11.1 Å². The molecule has 170 valence electrons. The number of benzene rings is 1. The maximum atomic E-state index is 14.8. The Kier molecular flexibility index (Phi) is 7.89. The average Bonchev–Trinajstić information content (AvgIpc) is 3.16. The van der Waals surface area contributed by atoms with Crippen molar-refractivity contribution in [2.75, 3.05) is 18.5 Å². The van der Waals surface area contributed by atoms with Gasteiger partial charge in [-0.2, -0.15) is 0 Å². The largest absolute Gasteiger partial charge is 0.388 e. The third kappa shape index (κ3) is 5.48. The number of aliphatic hydroxyl groups is 1. The third-order valence-electron chi connectivity index (χ3n) is 4.83. The summed E-state index contributed by atoms with van der Waals surface area (Å²) in [6, 6.07) is 8.95. The van der Waals surface area contributed by atoms with E-state index in [1.807, 2.05) is 19.1 Å². The van der Waals surface area contributed by atoms with E-state index < -0.39 is 23.6 Å². The summed E-state index contributed by atoms with van der Waals surface area (Å²) in [7, 11) is 0. The van der Waals surface area contributed by atoms with E-state index in [9.17, 15) is 18.7 Å². The molecular weight excluding hydrogens is 436 g/mol. The van der Waals surface area contributed by atoms with Crippen LogP contribution in [0.15, 0.2) is 36.4 Å². The molecule has 32 heavy (non-hydrogen) atoms. The van der Waals surface area contributed by atoms with Crippen molar-refractivity contribution in [3.05, 3.63) is 64.9 Å². The molecule has 0 spiro atoms. The average molecular weight is 462 g/mol. The molecule has 0 aliphatic carbocycles. The zero-order valence-corrected chi connectivity index (χ0v) is 18.6. The van der Waals surface area contributed by atoms with Crippen LogP contribution in [0.5, 0.6) is 0 Å².